The molecule has 20 heavy (non-hydrogen) atoms. The average Bonchev–Trinajstić information content (AvgIpc) is 3.20. The predicted molar refractivity (Wildman–Crippen MR) is 80.1 cm³/mol. The number of sulfonamides is 1. The fourth-order valence-corrected chi connectivity index (χ4v) is 4.90. The third-order valence-electron chi connectivity index (χ3n) is 4.62. The van der Waals surface area contributed by atoms with Gasteiger partial charge in [-0.2, -0.15) is 4.31 Å². The molecule has 4 heteroatoms. The zero-order valence-electron chi connectivity index (χ0n) is 12.1. The first-order chi connectivity index (χ1) is 9.57. The summed E-state index contributed by atoms with van der Waals surface area (Å²) < 4.78 is 26.6. The van der Waals surface area contributed by atoms with Crippen LogP contribution in [-0.4, -0.2) is 25.3 Å². The van der Waals surface area contributed by atoms with Crippen molar-refractivity contribution in [1.29, 1.82) is 0 Å². The van der Waals surface area contributed by atoms with Gasteiger partial charge in [-0.05, 0) is 31.4 Å². The Morgan fingerprint density at radius 2 is 1.75 bits per heavy atom. The van der Waals surface area contributed by atoms with Gasteiger partial charge in [0, 0.05) is 12.6 Å². The molecular weight excluding hydrogens is 270 g/mol. The minimum atomic E-state index is -3.25. The van der Waals surface area contributed by atoms with Crippen molar-refractivity contribution < 1.29 is 8.42 Å². The Kier molecular flexibility index (Phi) is 3.87. The van der Waals surface area contributed by atoms with Gasteiger partial charge in [0.25, 0.3) is 0 Å². The van der Waals surface area contributed by atoms with Gasteiger partial charge in [0.15, 0.2) is 0 Å². The van der Waals surface area contributed by atoms with Crippen LogP contribution >= 0.6 is 0 Å². The maximum absolute atomic E-state index is 12.5. The molecule has 1 aliphatic carbocycles. The lowest BCUT2D eigenvalue weighted by molar-refractivity contribution is 0.331. The number of nitrogens with zero attached hydrogens (tertiary/aromatic N) is 1. The van der Waals surface area contributed by atoms with Crippen molar-refractivity contribution in [2.45, 2.75) is 56.4 Å². The Hall–Kier alpha value is -0.870. The normalized spacial score (nSPS) is 27.4. The summed E-state index contributed by atoms with van der Waals surface area (Å²) in [4.78, 5) is 0.439. The zero-order valence-corrected chi connectivity index (χ0v) is 12.9. The Labute approximate surface area is 122 Å². The first-order valence-electron chi connectivity index (χ1n) is 7.66. The van der Waals surface area contributed by atoms with Gasteiger partial charge in [-0.3, -0.25) is 0 Å². The third-order valence-corrected chi connectivity index (χ3v) is 6.55. The maximum Gasteiger partial charge on any atom is 0.243 e. The summed E-state index contributed by atoms with van der Waals surface area (Å²) in [5.41, 5.74) is 1.09. The largest absolute Gasteiger partial charge is 0.243 e. The molecule has 3 nitrogen and oxygen atoms in total. The zero-order chi connectivity index (χ0) is 14.2. The van der Waals surface area contributed by atoms with Crippen LogP contribution in [0.2, 0.25) is 0 Å². The monoisotopic (exact) mass is 293 g/mol. The van der Waals surface area contributed by atoms with Crippen LogP contribution in [0.1, 0.15) is 44.1 Å². The number of benzene rings is 1. The first kappa shape index (κ1) is 14.1. The summed E-state index contributed by atoms with van der Waals surface area (Å²) >= 11 is 0. The second-order valence-corrected chi connectivity index (χ2v) is 8.17. The highest BCUT2D eigenvalue weighted by atomic mass is 32.2. The van der Waals surface area contributed by atoms with E-state index in [9.17, 15) is 8.42 Å². The molecule has 2 fully saturated rings. The number of aryl methyl sites for hydroxylation is 1. The van der Waals surface area contributed by atoms with Gasteiger partial charge < -0.3 is 0 Å². The van der Waals surface area contributed by atoms with Gasteiger partial charge in [-0.25, -0.2) is 8.42 Å². The molecule has 0 bridgehead atoms. The Balaban J connectivity index is 1.64. The molecule has 0 radical (unpaired) electrons. The quantitative estimate of drug-likeness (QED) is 0.798. The van der Waals surface area contributed by atoms with Crippen molar-refractivity contribution in [3.8, 4) is 0 Å². The lowest BCUT2D eigenvalue weighted by Gasteiger charge is -2.21. The van der Waals surface area contributed by atoms with Gasteiger partial charge in [-0.1, -0.05) is 49.8 Å². The third kappa shape index (κ3) is 2.91. The van der Waals surface area contributed by atoms with Crippen LogP contribution in [0.3, 0.4) is 0 Å². The van der Waals surface area contributed by atoms with E-state index in [4.69, 9.17) is 0 Å². The molecule has 1 saturated heterocycles. The van der Waals surface area contributed by atoms with Crippen molar-refractivity contribution in [1.82, 2.24) is 4.31 Å². The standard InChI is InChI=1S/C16H23NO2S/c1-13-7-9-16(10-8-13)20(18,19)17-12-15(17)11-14-5-3-2-4-6-14/h7-10,14-15H,2-6,11-12H2,1H3/t15-,17?/m0/s1. The van der Waals surface area contributed by atoms with Gasteiger partial charge in [0.05, 0.1) is 4.90 Å². The van der Waals surface area contributed by atoms with Crippen LogP contribution in [0.5, 0.6) is 0 Å². The van der Waals surface area contributed by atoms with Crippen molar-refractivity contribution in [3.05, 3.63) is 29.8 Å². The SMILES string of the molecule is Cc1ccc(S(=O)(=O)N2C[C@@H]2CC2CCCCC2)cc1. The van der Waals surface area contributed by atoms with E-state index >= 15 is 0 Å². The predicted octanol–water partition coefficient (Wildman–Crippen LogP) is 3.34. The highest BCUT2D eigenvalue weighted by Crippen LogP contribution is 2.36. The molecule has 1 heterocycles. The van der Waals surface area contributed by atoms with Crippen LogP contribution in [0, 0.1) is 12.8 Å². The van der Waals surface area contributed by atoms with E-state index in [2.05, 4.69) is 0 Å². The minimum Gasteiger partial charge on any atom is -0.207 e. The second kappa shape index (κ2) is 5.49. The highest BCUT2D eigenvalue weighted by molar-refractivity contribution is 7.89. The fraction of sp³-hybridized carbons (Fsp3) is 0.625. The van der Waals surface area contributed by atoms with E-state index < -0.39 is 10.0 Å². The molecule has 0 spiro atoms. The molecule has 0 aromatic heterocycles. The van der Waals surface area contributed by atoms with E-state index in [1.807, 2.05) is 19.1 Å². The molecule has 1 aromatic carbocycles. The summed E-state index contributed by atoms with van der Waals surface area (Å²) in [6, 6.07) is 7.43. The van der Waals surface area contributed by atoms with E-state index in [1.165, 1.54) is 32.1 Å². The number of rotatable bonds is 4. The Bertz CT molecular complexity index is 559. The van der Waals surface area contributed by atoms with Gasteiger partial charge in [0.1, 0.15) is 0 Å². The van der Waals surface area contributed by atoms with Crippen molar-refractivity contribution >= 4 is 10.0 Å². The Morgan fingerprint density at radius 3 is 2.40 bits per heavy atom. The molecule has 3 rings (SSSR count). The van der Waals surface area contributed by atoms with Crippen LogP contribution in [0.4, 0.5) is 0 Å². The molecule has 0 N–H and O–H groups in total. The summed E-state index contributed by atoms with van der Waals surface area (Å²) in [6.45, 7) is 2.69. The van der Waals surface area contributed by atoms with Crippen LogP contribution in [0.25, 0.3) is 0 Å². The van der Waals surface area contributed by atoms with E-state index in [0.717, 1.165) is 17.9 Å². The summed E-state index contributed by atoms with van der Waals surface area (Å²) in [6.07, 6.45) is 7.63. The van der Waals surface area contributed by atoms with Gasteiger partial charge >= 0.3 is 0 Å². The lowest BCUT2D eigenvalue weighted by Crippen LogP contribution is -2.17. The van der Waals surface area contributed by atoms with Gasteiger partial charge in [-0.15, -0.1) is 0 Å². The van der Waals surface area contributed by atoms with E-state index in [-0.39, 0.29) is 6.04 Å². The Morgan fingerprint density at radius 1 is 1.10 bits per heavy atom. The number of hydrogen-bond acceptors (Lipinski definition) is 2. The maximum atomic E-state index is 12.5. The molecule has 1 unspecified atom stereocenters. The molecule has 0 amide bonds. The van der Waals surface area contributed by atoms with Crippen molar-refractivity contribution in [3.63, 3.8) is 0 Å². The molecule has 1 aliphatic heterocycles. The van der Waals surface area contributed by atoms with Crippen LogP contribution < -0.4 is 0 Å². The molecule has 110 valence electrons. The molecular formula is C16H23NO2S. The van der Waals surface area contributed by atoms with E-state index in [0.29, 0.717) is 11.4 Å². The second-order valence-electron chi connectivity index (χ2n) is 6.28. The van der Waals surface area contributed by atoms with Crippen LogP contribution in [0.15, 0.2) is 29.2 Å². The summed E-state index contributed by atoms with van der Waals surface area (Å²) in [7, 11) is -3.25. The molecule has 1 saturated carbocycles. The highest BCUT2D eigenvalue weighted by Gasteiger charge is 2.45. The smallest absolute Gasteiger partial charge is 0.207 e. The number of hydrogen-bond donors (Lipinski definition) is 0. The molecule has 1 aromatic rings. The molecule has 2 atom stereocenters. The molecule has 2 aliphatic rings. The topological polar surface area (TPSA) is 37.1 Å². The van der Waals surface area contributed by atoms with Gasteiger partial charge in [0.2, 0.25) is 10.0 Å². The first-order valence-corrected chi connectivity index (χ1v) is 9.10. The fourth-order valence-electron chi connectivity index (χ4n) is 3.30. The minimum absolute atomic E-state index is 0.254. The van der Waals surface area contributed by atoms with E-state index in [1.54, 1.807) is 16.4 Å². The average molecular weight is 293 g/mol. The van der Waals surface area contributed by atoms with Crippen LogP contribution in [-0.2, 0) is 10.0 Å². The summed E-state index contributed by atoms with van der Waals surface area (Å²) in [5, 5.41) is 0. The summed E-state index contributed by atoms with van der Waals surface area (Å²) in [5.74, 6) is 0.743. The lowest BCUT2D eigenvalue weighted by atomic mass is 9.86. The van der Waals surface area contributed by atoms with Crippen molar-refractivity contribution in [2.75, 3.05) is 6.54 Å². The van der Waals surface area contributed by atoms with Crippen molar-refractivity contribution in [2.24, 2.45) is 5.92 Å².